The van der Waals surface area contributed by atoms with E-state index in [1.807, 2.05) is 30.3 Å². The number of nitrogens with one attached hydrogen (secondary N) is 1. The Kier molecular flexibility index (Phi) is 6.51. The van der Waals surface area contributed by atoms with Crippen LogP contribution >= 0.6 is 0 Å². The first-order valence-corrected chi connectivity index (χ1v) is 8.80. The maximum absolute atomic E-state index is 11.9. The molecule has 25 heavy (non-hydrogen) atoms. The van der Waals surface area contributed by atoms with Crippen LogP contribution < -0.4 is 5.43 Å². The molecule has 0 aliphatic heterocycles. The van der Waals surface area contributed by atoms with Gasteiger partial charge in [-0.05, 0) is 34.4 Å². The summed E-state index contributed by atoms with van der Waals surface area (Å²) in [6, 6.07) is 18.4. The number of hydrogen-bond donors (Lipinski definition) is 1. The number of nitrogens with zero attached hydrogens (tertiary/aromatic N) is 1. The standard InChI is InChI=1S/C22H28N2O/c1-17(14-19-10-12-20(13-11-19)22(2,3)4)16-23-24-21(25)15-18-8-6-5-7-9-18/h5-13,16-17H,14-15H2,1-4H3,(H,24,25)/t17-/m1/s1. The Morgan fingerprint density at radius 2 is 1.68 bits per heavy atom. The van der Waals surface area contributed by atoms with Crippen molar-refractivity contribution < 1.29 is 4.79 Å². The van der Waals surface area contributed by atoms with Gasteiger partial charge in [0.1, 0.15) is 0 Å². The van der Waals surface area contributed by atoms with E-state index in [9.17, 15) is 4.79 Å². The third-order valence-corrected chi connectivity index (χ3v) is 4.10. The summed E-state index contributed by atoms with van der Waals surface area (Å²) in [7, 11) is 0. The predicted molar refractivity (Wildman–Crippen MR) is 105 cm³/mol. The van der Waals surface area contributed by atoms with Gasteiger partial charge in [-0.3, -0.25) is 4.79 Å². The fraction of sp³-hybridized carbons (Fsp3) is 0.364. The molecule has 0 fully saturated rings. The molecule has 0 aromatic heterocycles. The fourth-order valence-corrected chi connectivity index (χ4v) is 2.62. The molecule has 2 aromatic rings. The van der Waals surface area contributed by atoms with Crippen molar-refractivity contribution in [1.82, 2.24) is 5.43 Å². The molecule has 132 valence electrons. The van der Waals surface area contributed by atoms with E-state index in [2.05, 4.69) is 62.5 Å². The van der Waals surface area contributed by atoms with Crippen LogP contribution in [0.5, 0.6) is 0 Å². The molecule has 0 aliphatic rings. The van der Waals surface area contributed by atoms with Crippen molar-refractivity contribution in [3.63, 3.8) is 0 Å². The van der Waals surface area contributed by atoms with Crippen molar-refractivity contribution in [2.75, 3.05) is 0 Å². The first kappa shape index (κ1) is 18.9. The topological polar surface area (TPSA) is 41.5 Å². The highest BCUT2D eigenvalue weighted by Gasteiger charge is 2.13. The van der Waals surface area contributed by atoms with Crippen LogP contribution in [-0.2, 0) is 23.1 Å². The molecule has 0 spiro atoms. The van der Waals surface area contributed by atoms with E-state index in [0.717, 1.165) is 12.0 Å². The van der Waals surface area contributed by atoms with Crippen LogP contribution in [-0.4, -0.2) is 12.1 Å². The van der Waals surface area contributed by atoms with Crippen molar-refractivity contribution in [1.29, 1.82) is 0 Å². The average Bonchev–Trinajstić information content (AvgIpc) is 2.55. The lowest BCUT2D eigenvalue weighted by atomic mass is 9.86. The van der Waals surface area contributed by atoms with Crippen LogP contribution in [0.2, 0.25) is 0 Å². The maximum Gasteiger partial charge on any atom is 0.244 e. The molecule has 0 saturated heterocycles. The van der Waals surface area contributed by atoms with Gasteiger partial charge in [0.05, 0.1) is 6.42 Å². The Balaban J connectivity index is 1.80. The van der Waals surface area contributed by atoms with Crippen molar-refractivity contribution in [3.05, 3.63) is 71.3 Å². The van der Waals surface area contributed by atoms with Gasteiger partial charge in [0, 0.05) is 6.21 Å². The largest absolute Gasteiger partial charge is 0.273 e. The zero-order valence-electron chi connectivity index (χ0n) is 15.6. The van der Waals surface area contributed by atoms with Crippen LogP contribution in [0.15, 0.2) is 59.7 Å². The molecule has 0 saturated carbocycles. The SMILES string of the molecule is C[C@@H](C=NNC(=O)Cc1ccccc1)Cc1ccc(C(C)(C)C)cc1. The van der Waals surface area contributed by atoms with E-state index < -0.39 is 0 Å². The number of carbonyl (C=O) groups excluding carboxylic acids is 1. The Labute approximate surface area is 151 Å². The van der Waals surface area contributed by atoms with E-state index in [-0.39, 0.29) is 17.2 Å². The second-order valence-electron chi connectivity index (χ2n) is 7.60. The fourth-order valence-electron chi connectivity index (χ4n) is 2.62. The highest BCUT2D eigenvalue weighted by Crippen LogP contribution is 2.22. The predicted octanol–water partition coefficient (Wildman–Crippen LogP) is 4.51. The number of hydrazone groups is 1. The zero-order chi connectivity index (χ0) is 18.3. The summed E-state index contributed by atoms with van der Waals surface area (Å²) in [5.41, 5.74) is 6.39. The summed E-state index contributed by atoms with van der Waals surface area (Å²) in [5, 5.41) is 4.10. The van der Waals surface area contributed by atoms with Gasteiger partial charge in [-0.1, -0.05) is 82.3 Å². The molecule has 1 atom stereocenters. The lowest BCUT2D eigenvalue weighted by Crippen LogP contribution is -2.20. The summed E-state index contributed by atoms with van der Waals surface area (Å²) in [5.74, 6) is 0.168. The molecule has 1 N–H and O–H groups in total. The molecule has 1 amide bonds. The normalized spacial score (nSPS) is 13.0. The number of rotatable bonds is 6. The molecule has 0 aliphatic carbocycles. The second kappa shape index (κ2) is 8.61. The van der Waals surface area contributed by atoms with Gasteiger partial charge in [-0.15, -0.1) is 0 Å². The zero-order valence-corrected chi connectivity index (χ0v) is 15.6. The molecular formula is C22H28N2O. The van der Waals surface area contributed by atoms with Crippen molar-refractivity contribution in [3.8, 4) is 0 Å². The Morgan fingerprint density at radius 1 is 1.04 bits per heavy atom. The molecule has 0 radical (unpaired) electrons. The molecule has 3 heteroatoms. The summed E-state index contributed by atoms with van der Waals surface area (Å²) in [6.07, 6.45) is 3.06. The number of benzene rings is 2. The summed E-state index contributed by atoms with van der Waals surface area (Å²) >= 11 is 0. The van der Waals surface area contributed by atoms with Crippen molar-refractivity contribution in [2.24, 2.45) is 11.0 Å². The molecular weight excluding hydrogens is 308 g/mol. The minimum atomic E-state index is -0.0934. The summed E-state index contributed by atoms with van der Waals surface area (Å²) in [6.45, 7) is 8.75. The van der Waals surface area contributed by atoms with Gasteiger partial charge < -0.3 is 0 Å². The molecule has 3 nitrogen and oxygen atoms in total. The van der Waals surface area contributed by atoms with Gasteiger partial charge in [-0.2, -0.15) is 5.10 Å². The van der Waals surface area contributed by atoms with Crippen LogP contribution in [0, 0.1) is 5.92 Å². The Morgan fingerprint density at radius 3 is 2.28 bits per heavy atom. The van der Waals surface area contributed by atoms with Gasteiger partial charge in [0.25, 0.3) is 0 Å². The Hall–Kier alpha value is -2.42. The molecule has 2 rings (SSSR count). The Bertz CT molecular complexity index is 697. The van der Waals surface area contributed by atoms with Crippen LogP contribution in [0.25, 0.3) is 0 Å². The molecule has 0 bridgehead atoms. The third kappa shape index (κ3) is 6.54. The van der Waals surface area contributed by atoms with Crippen LogP contribution in [0.3, 0.4) is 0 Å². The van der Waals surface area contributed by atoms with Crippen molar-refractivity contribution >= 4 is 12.1 Å². The second-order valence-corrected chi connectivity index (χ2v) is 7.60. The van der Waals surface area contributed by atoms with E-state index >= 15 is 0 Å². The molecule has 0 unspecified atom stereocenters. The summed E-state index contributed by atoms with van der Waals surface area (Å²) in [4.78, 5) is 11.9. The van der Waals surface area contributed by atoms with Crippen molar-refractivity contribution in [2.45, 2.75) is 46.0 Å². The summed E-state index contributed by atoms with van der Waals surface area (Å²) < 4.78 is 0. The first-order valence-electron chi connectivity index (χ1n) is 8.80. The molecule has 0 heterocycles. The minimum absolute atomic E-state index is 0.0934. The smallest absolute Gasteiger partial charge is 0.244 e. The number of amides is 1. The van der Waals surface area contributed by atoms with E-state index in [1.54, 1.807) is 6.21 Å². The van der Waals surface area contributed by atoms with Crippen LogP contribution in [0.4, 0.5) is 0 Å². The van der Waals surface area contributed by atoms with Gasteiger partial charge >= 0.3 is 0 Å². The maximum atomic E-state index is 11.9. The van der Waals surface area contributed by atoms with Gasteiger partial charge in [0.2, 0.25) is 5.91 Å². The monoisotopic (exact) mass is 336 g/mol. The van der Waals surface area contributed by atoms with Gasteiger partial charge in [-0.25, -0.2) is 5.43 Å². The minimum Gasteiger partial charge on any atom is -0.273 e. The van der Waals surface area contributed by atoms with Crippen LogP contribution in [0.1, 0.15) is 44.4 Å². The van der Waals surface area contributed by atoms with E-state index in [4.69, 9.17) is 0 Å². The first-order chi connectivity index (χ1) is 11.8. The number of carbonyl (C=O) groups is 1. The average molecular weight is 336 g/mol. The highest BCUT2D eigenvalue weighted by atomic mass is 16.2. The van der Waals surface area contributed by atoms with E-state index in [1.165, 1.54) is 11.1 Å². The highest BCUT2D eigenvalue weighted by molar-refractivity contribution is 5.79. The quantitative estimate of drug-likeness (QED) is 0.612. The number of hydrogen-bond acceptors (Lipinski definition) is 2. The third-order valence-electron chi connectivity index (χ3n) is 4.10. The lowest BCUT2D eigenvalue weighted by molar-refractivity contribution is -0.120. The molecule has 2 aromatic carbocycles. The van der Waals surface area contributed by atoms with Gasteiger partial charge in [0.15, 0.2) is 0 Å². The van der Waals surface area contributed by atoms with E-state index in [0.29, 0.717) is 6.42 Å². The lowest BCUT2D eigenvalue weighted by Gasteiger charge is -2.19.